The van der Waals surface area contributed by atoms with Crippen molar-refractivity contribution in [2.45, 2.75) is 6.42 Å². The van der Waals surface area contributed by atoms with Crippen molar-refractivity contribution in [2.75, 3.05) is 38.6 Å². The molecule has 0 aliphatic carbocycles. The van der Waals surface area contributed by atoms with Gasteiger partial charge in [0.25, 0.3) is 0 Å². The highest BCUT2D eigenvalue weighted by Gasteiger charge is 2.11. The van der Waals surface area contributed by atoms with E-state index in [-0.39, 0.29) is 0 Å². The Balaban J connectivity index is 1.70. The van der Waals surface area contributed by atoms with E-state index in [2.05, 4.69) is 14.3 Å². The third kappa shape index (κ3) is 2.32. The summed E-state index contributed by atoms with van der Waals surface area (Å²) in [6.45, 7) is 4.77. The maximum absolute atomic E-state index is 5.76. The molecule has 5 nitrogen and oxygen atoms in total. The molecule has 96 valence electrons. The molecule has 0 bridgehead atoms. The van der Waals surface area contributed by atoms with Gasteiger partial charge in [0.15, 0.2) is 0 Å². The van der Waals surface area contributed by atoms with Crippen LogP contribution >= 0.6 is 0 Å². The molecule has 1 saturated heterocycles. The molecule has 2 N–H and O–H groups in total. The Hall–Kier alpha value is -1.59. The smallest absolute Gasteiger partial charge is 0.114 e. The largest absolute Gasteiger partial charge is 0.399 e. The number of fused-ring (bicyclic) bond motifs is 1. The first-order valence-corrected chi connectivity index (χ1v) is 6.34. The summed E-state index contributed by atoms with van der Waals surface area (Å²) in [5, 5.41) is 0. The fourth-order valence-corrected chi connectivity index (χ4v) is 2.34. The van der Waals surface area contributed by atoms with Gasteiger partial charge in [-0.1, -0.05) is 0 Å². The highest BCUT2D eigenvalue weighted by molar-refractivity contribution is 5.55. The second-order valence-corrected chi connectivity index (χ2v) is 4.63. The van der Waals surface area contributed by atoms with E-state index >= 15 is 0 Å². The second kappa shape index (κ2) is 4.96. The van der Waals surface area contributed by atoms with Crippen LogP contribution in [0, 0.1) is 0 Å². The molecule has 0 saturated carbocycles. The zero-order chi connectivity index (χ0) is 12.4. The maximum atomic E-state index is 5.76. The van der Waals surface area contributed by atoms with Gasteiger partial charge in [-0.3, -0.25) is 4.90 Å². The van der Waals surface area contributed by atoms with Crippen LogP contribution < -0.4 is 5.73 Å². The zero-order valence-corrected chi connectivity index (χ0v) is 10.4. The van der Waals surface area contributed by atoms with E-state index in [1.54, 1.807) is 0 Å². The lowest BCUT2D eigenvalue weighted by Crippen LogP contribution is -2.37. The van der Waals surface area contributed by atoms with E-state index in [9.17, 15) is 0 Å². The Bertz CT molecular complexity index is 531. The highest BCUT2D eigenvalue weighted by Crippen LogP contribution is 2.12. The number of morpholine rings is 1. The highest BCUT2D eigenvalue weighted by atomic mass is 16.5. The van der Waals surface area contributed by atoms with Gasteiger partial charge in [0.1, 0.15) is 5.82 Å². The van der Waals surface area contributed by atoms with E-state index in [1.165, 1.54) is 0 Å². The van der Waals surface area contributed by atoms with Crippen LogP contribution in [0.25, 0.3) is 5.52 Å². The summed E-state index contributed by atoms with van der Waals surface area (Å²) < 4.78 is 7.45. The SMILES string of the molecule is Nc1ccn2c(CCN3CCOCC3)ncc2c1. The van der Waals surface area contributed by atoms with Crippen molar-refractivity contribution < 1.29 is 4.74 Å². The van der Waals surface area contributed by atoms with Gasteiger partial charge in [-0.05, 0) is 12.1 Å². The molecule has 0 aromatic carbocycles. The van der Waals surface area contributed by atoms with E-state index in [0.29, 0.717) is 0 Å². The summed E-state index contributed by atoms with van der Waals surface area (Å²) >= 11 is 0. The summed E-state index contributed by atoms with van der Waals surface area (Å²) in [6, 6.07) is 3.86. The Labute approximate surface area is 106 Å². The van der Waals surface area contributed by atoms with E-state index in [0.717, 1.165) is 56.3 Å². The normalized spacial score (nSPS) is 17.3. The molecule has 0 radical (unpaired) electrons. The maximum Gasteiger partial charge on any atom is 0.114 e. The number of hydrogen-bond acceptors (Lipinski definition) is 4. The molecule has 5 heteroatoms. The minimum absolute atomic E-state index is 0.780. The van der Waals surface area contributed by atoms with E-state index < -0.39 is 0 Å². The number of rotatable bonds is 3. The number of imidazole rings is 1. The zero-order valence-electron chi connectivity index (χ0n) is 10.4. The molecule has 1 aliphatic heterocycles. The summed E-state index contributed by atoms with van der Waals surface area (Å²) in [7, 11) is 0. The first-order valence-electron chi connectivity index (χ1n) is 6.34. The number of aromatic nitrogens is 2. The van der Waals surface area contributed by atoms with Crippen LogP contribution in [-0.4, -0.2) is 47.1 Å². The molecule has 0 spiro atoms. The van der Waals surface area contributed by atoms with Crippen LogP contribution in [0.4, 0.5) is 5.69 Å². The third-order valence-corrected chi connectivity index (χ3v) is 3.39. The van der Waals surface area contributed by atoms with Crippen molar-refractivity contribution in [2.24, 2.45) is 0 Å². The van der Waals surface area contributed by atoms with Gasteiger partial charge in [0.2, 0.25) is 0 Å². The van der Waals surface area contributed by atoms with Crippen LogP contribution in [0.1, 0.15) is 5.82 Å². The Morgan fingerprint density at radius 2 is 2.17 bits per heavy atom. The number of hydrogen-bond donors (Lipinski definition) is 1. The Morgan fingerprint density at radius 3 is 3.00 bits per heavy atom. The molecule has 18 heavy (non-hydrogen) atoms. The van der Waals surface area contributed by atoms with Crippen LogP contribution in [0.2, 0.25) is 0 Å². The number of nitrogens with zero attached hydrogens (tertiary/aromatic N) is 3. The topological polar surface area (TPSA) is 55.8 Å². The molecule has 3 rings (SSSR count). The van der Waals surface area contributed by atoms with Gasteiger partial charge in [-0.25, -0.2) is 4.98 Å². The van der Waals surface area contributed by atoms with Gasteiger partial charge < -0.3 is 14.9 Å². The molecule has 2 aromatic rings. The van der Waals surface area contributed by atoms with Crippen molar-refractivity contribution in [3.63, 3.8) is 0 Å². The number of ether oxygens (including phenoxy) is 1. The quantitative estimate of drug-likeness (QED) is 0.870. The number of nitrogens with two attached hydrogens (primary N) is 1. The molecule has 0 amide bonds. The first kappa shape index (κ1) is 11.5. The molecular formula is C13H18N4O. The van der Waals surface area contributed by atoms with Crippen LogP contribution in [0.5, 0.6) is 0 Å². The molecular weight excluding hydrogens is 228 g/mol. The van der Waals surface area contributed by atoms with E-state index in [1.807, 2.05) is 24.5 Å². The van der Waals surface area contributed by atoms with Gasteiger partial charge in [0.05, 0.1) is 24.9 Å². The van der Waals surface area contributed by atoms with Crippen molar-refractivity contribution in [1.82, 2.24) is 14.3 Å². The summed E-state index contributed by atoms with van der Waals surface area (Å²) in [5.41, 5.74) is 7.60. The Kier molecular flexibility index (Phi) is 3.17. The average Bonchev–Trinajstić information content (AvgIpc) is 2.80. The van der Waals surface area contributed by atoms with Crippen molar-refractivity contribution in [1.29, 1.82) is 0 Å². The number of anilines is 1. The monoisotopic (exact) mass is 246 g/mol. The predicted molar refractivity (Wildman–Crippen MR) is 70.6 cm³/mol. The molecule has 1 fully saturated rings. The standard InChI is InChI=1S/C13H18N4O/c14-11-1-4-17-12(9-11)10-15-13(17)2-3-16-5-7-18-8-6-16/h1,4,9-10H,2-3,5-8,14H2. The lowest BCUT2D eigenvalue weighted by atomic mass is 10.3. The van der Waals surface area contributed by atoms with Crippen molar-refractivity contribution in [3.05, 3.63) is 30.4 Å². The fourth-order valence-electron chi connectivity index (χ4n) is 2.34. The fraction of sp³-hybridized carbons (Fsp3) is 0.462. The Morgan fingerprint density at radius 1 is 1.33 bits per heavy atom. The second-order valence-electron chi connectivity index (χ2n) is 4.63. The first-order chi connectivity index (χ1) is 8.83. The molecule has 0 atom stereocenters. The van der Waals surface area contributed by atoms with Gasteiger partial charge >= 0.3 is 0 Å². The number of nitrogen functional groups attached to an aromatic ring is 1. The van der Waals surface area contributed by atoms with Crippen LogP contribution in [-0.2, 0) is 11.2 Å². The lowest BCUT2D eigenvalue weighted by molar-refractivity contribution is 0.0382. The van der Waals surface area contributed by atoms with Gasteiger partial charge in [-0.15, -0.1) is 0 Å². The lowest BCUT2D eigenvalue weighted by Gasteiger charge is -2.26. The minimum Gasteiger partial charge on any atom is -0.399 e. The van der Waals surface area contributed by atoms with E-state index in [4.69, 9.17) is 10.5 Å². The molecule has 2 aromatic heterocycles. The molecule has 3 heterocycles. The number of pyridine rings is 1. The summed E-state index contributed by atoms with van der Waals surface area (Å²) in [5.74, 6) is 1.09. The van der Waals surface area contributed by atoms with Crippen LogP contribution in [0.3, 0.4) is 0 Å². The van der Waals surface area contributed by atoms with Crippen LogP contribution in [0.15, 0.2) is 24.5 Å². The molecule has 1 aliphatic rings. The van der Waals surface area contributed by atoms with Crippen molar-refractivity contribution in [3.8, 4) is 0 Å². The third-order valence-electron chi connectivity index (χ3n) is 3.39. The van der Waals surface area contributed by atoms with Crippen molar-refractivity contribution >= 4 is 11.2 Å². The molecule has 0 unspecified atom stereocenters. The van der Waals surface area contributed by atoms with Gasteiger partial charge in [0, 0.05) is 37.9 Å². The summed E-state index contributed by atoms with van der Waals surface area (Å²) in [6.07, 6.45) is 4.83. The van der Waals surface area contributed by atoms with Gasteiger partial charge in [-0.2, -0.15) is 0 Å². The minimum atomic E-state index is 0.780. The average molecular weight is 246 g/mol. The summed E-state index contributed by atoms with van der Waals surface area (Å²) in [4.78, 5) is 6.89. The predicted octanol–water partition coefficient (Wildman–Crippen LogP) is 0.791.